The predicted molar refractivity (Wildman–Crippen MR) is 46.1 cm³/mol. The second-order valence-corrected chi connectivity index (χ2v) is 4.71. The lowest BCUT2D eigenvalue weighted by atomic mass is 10.5. The van der Waals surface area contributed by atoms with E-state index >= 15 is 0 Å². The van der Waals surface area contributed by atoms with E-state index in [1.54, 1.807) is 0 Å². The Morgan fingerprint density at radius 2 is 2.31 bits per heavy atom. The maximum absolute atomic E-state index is 10.6. The molecular formula is C5H6N2O4S2. The predicted octanol–water partition coefficient (Wildman–Crippen LogP) is -0.420. The van der Waals surface area contributed by atoms with Crippen LogP contribution in [-0.2, 0) is 10.1 Å². The number of carbonyl (C=O) groups is 1. The quantitative estimate of drug-likeness (QED) is 0.700. The third-order valence-corrected chi connectivity index (χ3v) is 2.41. The molecule has 1 rings (SSSR count). The zero-order valence-corrected chi connectivity index (χ0v) is 8.18. The highest BCUT2D eigenvalue weighted by Gasteiger charge is 2.11. The van der Waals surface area contributed by atoms with Crippen molar-refractivity contribution < 1.29 is 17.4 Å². The van der Waals surface area contributed by atoms with E-state index in [0.29, 0.717) is 0 Å². The number of aromatic nitrogens is 1. The van der Waals surface area contributed by atoms with Crippen LogP contribution in [0.5, 0.6) is 5.19 Å². The minimum Gasteiger partial charge on any atom is -0.365 e. The van der Waals surface area contributed by atoms with Gasteiger partial charge in [0.25, 0.3) is 11.1 Å². The van der Waals surface area contributed by atoms with Gasteiger partial charge in [-0.1, -0.05) is 11.3 Å². The number of nitrogens with zero attached hydrogens (tertiary/aromatic N) is 1. The normalized spacial score (nSPS) is 11.2. The second kappa shape index (κ2) is 3.30. The van der Waals surface area contributed by atoms with Crippen molar-refractivity contribution in [1.29, 1.82) is 0 Å². The SMILES string of the molecule is CS(=O)(=O)Oc1ncc(C(N)=O)s1. The van der Waals surface area contributed by atoms with E-state index < -0.39 is 16.0 Å². The molecule has 0 saturated carbocycles. The van der Waals surface area contributed by atoms with Gasteiger partial charge in [-0.25, -0.2) is 4.98 Å². The Balaban J connectivity index is 2.87. The van der Waals surface area contributed by atoms with E-state index in [0.717, 1.165) is 23.8 Å². The molecule has 6 nitrogen and oxygen atoms in total. The van der Waals surface area contributed by atoms with Crippen molar-refractivity contribution in [2.75, 3.05) is 6.26 Å². The molecule has 2 N–H and O–H groups in total. The zero-order valence-electron chi connectivity index (χ0n) is 6.55. The topological polar surface area (TPSA) is 99.3 Å². The highest BCUT2D eigenvalue weighted by molar-refractivity contribution is 7.86. The summed E-state index contributed by atoms with van der Waals surface area (Å²) in [6.45, 7) is 0. The molecule has 1 heterocycles. The van der Waals surface area contributed by atoms with Gasteiger partial charge in [0, 0.05) is 0 Å². The van der Waals surface area contributed by atoms with E-state index in [-0.39, 0.29) is 10.1 Å². The van der Waals surface area contributed by atoms with Gasteiger partial charge in [0.1, 0.15) is 4.88 Å². The van der Waals surface area contributed by atoms with Crippen molar-refractivity contribution in [3.05, 3.63) is 11.1 Å². The van der Waals surface area contributed by atoms with Gasteiger partial charge in [0.2, 0.25) is 0 Å². The van der Waals surface area contributed by atoms with Crippen LogP contribution < -0.4 is 9.92 Å². The van der Waals surface area contributed by atoms with Crippen LogP contribution in [0.2, 0.25) is 0 Å². The molecule has 1 aromatic heterocycles. The molecule has 0 radical (unpaired) electrons. The van der Waals surface area contributed by atoms with Crippen molar-refractivity contribution in [2.45, 2.75) is 0 Å². The van der Waals surface area contributed by atoms with Gasteiger partial charge in [-0.3, -0.25) is 4.79 Å². The van der Waals surface area contributed by atoms with Crippen molar-refractivity contribution in [2.24, 2.45) is 5.73 Å². The summed E-state index contributed by atoms with van der Waals surface area (Å²) in [4.78, 5) is 14.3. The lowest BCUT2D eigenvalue weighted by Gasteiger charge is -1.94. The van der Waals surface area contributed by atoms with E-state index in [1.165, 1.54) is 0 Å². The first kappa shape index (κ1) is 9.93. The Labute approximate surface area is 78.5 Å². The van der Waals surface area contributed by atoms with E-state index in [4.69, 9.17) is 5.73 Å². The number of carbonyl (C=O) groups excluding carboxylic acids is 1. The van der Waals surface area contributed by atoms with Crippen LogP contribution in [0.15, 0.2) is 6.20 Å². The largest absolute Gasteiger partial charge is 0.365 e. The van der Waals surface area contributed by atoms with Gasteiger partial charge in [-0.15, -0.1) is 0 Å². The molecule has 1 amide bonds. The monoisotopic (exact) mass is 222 g/mol. The first-order valence-corrected chi connectivity index (χ1v) is 5.67. The molecule has 1 aromatic rings. The highest BCUT2D eigenvalue weighted by Crippen LogP contribution is 2.20. The summed E-state index contributed by atoms with van der Waals surface area (Å²) in [6.07, 6.45) is 2.05. The number of amides is 1. The number of rotatable bonds is 3. The molecule has 0 unspecified atom stereocenters. The third-order valence-electron chi connectivity index (χ3n) is 0.950. The molecule has 72 valence electrons. The summed E-state index contributed by atoms with van der Waals surface area (Å²) < 4.78 is 25.6. The van der Waals surface area contributed by atoms with Crippen molar-refractivity contribution in [3.8, 4) is 5.19 Å². The molecule has 13 heavy (non-hydrogen) atoms. The summed E-state index contributed by atoms with van der Waals surface area (Å²) in [5.74, 6) is -0.666. The van der Waals surface area contributed by atoms with E-state index in [2.05, 4.69) is 9.17 Å². The van der Waals surface area contributed by atoms with Gasteiger partial charge < -0.3 is 9.92 Å². The minimum absolute atomic E-state index is 0.115. The number of primary amides is 1. The van der Waals surface area contributed by atoms with Crippen molar-refractivity contribution in [3.63, 3.8) is 0 Å². The summed E-state index contributed by atoms with van der Waals surface area (Å²) in [5.41, 5.74) is 4.92. The number of hydrogen-bond acceptors (Lipinski definition) is 6. The molecule has 0 atom stereocenters. The molecule has 0 aromatic carbocycles. The summed E-state index contributed by atoms with van der Waals surface area (Å²) in [7, 11) is -3.59. The molecule has 0 saturated heterocycles. The third kappa shape index (κ3) is 2.99. The number of thiazole rings is 1. The highest BCUT2D eigenvalue weighted by atomic mass is 32.2. The molecule has 8 heteroatoms. The lowest BCUT2D eigenvalue weighted by molar-refractivity contribution is 0.100. The lowest BCUT2D eigenvalue weighted by Crippen LogP contribution is -2.08. The molecule has 0 aliphatic carbocycles. The van der Waals surface area contributed by atoms with E-state index in [9.17, 15) is 13.2 Å². The Bertz CT molecular complexity index is 421. The van der Waals surface area contributed by atoms with Crippen LogP contribution in [-0.4, -0.2) is 25.6 Å². The van der Waals surface area contributed by atoms with Crippen LogP contribution in [0.4, 0.5) is 0 Å². The van der Waals surface area contributed by atoms with Gasteiger partial charge in [-0.05, 0) is 0 Å². The molecule has 0 bridgehead atoms. The fourth-order valence-corrected chi connectivity index (χ4v) is 1.85. The fraction of sp³-hybridized carbons (Fsp3) is 0.200. The number of nitrogens with two attached hydrogens (primary N) is 1. The van der Waals surface area contributed by atoms with E-state index in [1.807, 2.05) is 0 Å². The Hall–Kier alpha value is -1.15. The Morgan fingerprint density at radius 1 is 1.69 bits per heavy atom. The minimum atomic E-state index is -3.59. The van der Waals surface area contributed by atoms with Crippen LogP contribution in [0, 0.1) is 0 Å². The zero-order chi connectivity index (χ0) is 10.1. The van der Waals surface area contributed by atoms with Gasteiger partial charge in [0.05, 0.1) is 12.5 Å². The maximum Gasteiger partial charge on any atom is 0.308 e. The Morgan fingerprint density at radius 3 is 2.69 bits per heavy atom. The van der Waals surface area contributed by atoms with Crippen LogP contribution in [0.25, 0.3) is 0 Å². The van der Waals surface area contributed by atoms with Gasteiger partial charge >= 0.3 is 10.1 Å². The maximum atomic E-state index is 10.6. The molecule has 0 aliphatic rings. The summed E-state index contributed by atoms with van der Waals surface area (Å²) in [5, 5.41) is -0.115. The first-order valence-electron chi connectivity index (χ1n) is 3.03. The fourth-order valence-electron chi connectivity index (χ4n) is 0.540. The van der Waals surface area contributed by atoms with Crippen molar-refractivity contribution >= 4 is 27.4 Å². The molecule has 0 fully saturated rings. The second-order valence-electron chi connectivity index (χ2n) is 2.14. The standard InChI is InChI=1S/C5H6N2O4S2/c1-13(9,10)11-5-7-2-3(12-5)4(6)8/h2H,1H3,(H2,6,8). The smallest absolute Gasteiger partial charge is 0.308 e. The molecule has 0 spiro atoms. The van der Waals surface area contributed by atoms with Gasteiger partial charge in [0.15, 0.2) is 0 Å². The average molecular weight is 222 g/mol. The van der Waals surface area contributed by atoms with Crippen molar-refractivity contribution in [1.82, 2.24) is 4.98 Å². The Kier molecular flexibility index (Phi) is 2.52. The first-order chi connectivity index (χ1) is 5.88. The number of hydrogen-bond donors (Lipinski definition) is 1. The molecular weight excluding hydrogens is 216 g/mol. The summed E-state index contributed by atoms with van der Waals surface area (Å²) >= 11 is 0.781. The summed E-state index contributed by atoms with van der Waals surface area (Å²) in [6, 6.07) is 0. The molecule has 0 aliphatic heterocycles. The van der Waals surface area contributed by atoms with Crippen LogP contribution >= 0.6 is 11.3 Å². The van der Waals surface area contributed by atoms with Crippen LogP contribution in [0.1, 0.15) is 9.67 Å². The average Bonchev–Trinajstić information content (AvgIpc) is 2.31. The van der Waals surface area contributed by atoms with Crippen LogP contribution in [0.3, 0.4) is 0 Å². The van der Waals surface area contributed by atoms with Gasteiger partial charge in [-0.2, -0.15) is 8.42 Å².